The van der Waals surface area contributed by atoms with Crippen molar-refractivity contribution in [1.82, 2.24) is 10.3 Å². The molecule has 2 aliphatic heterocycles. The monoisotopic (exact) mass is 251 g/mol. The zero-order valence-electron chi connectivity index (χ0n) is 10.8. The number of rotatable bonds is 1. The SMILES string of the molecule is Cc1nc(N2CCC[C@@]3(CCNC3)C2)sc1C. The molecule has 1 atom stereocenters. The van der Waals surface area contributed by atoms with E-state index in [-0.39, 0.29) is 0 Å². The molecule has 2 fully saturated rings. The fourth-order valence-corrected chi connectivity index (χ4v) is 4.04. The third-order valence-electron chi connectivity index (χ3n) is 4.28. The predicted octanol–water partition coefficient (Wildman–Crippen LogP) is 2.34. The lowest BCUT2D eigenvalue weighted by Gasteiger charge is -2.39. The van der Waals surface area contributed by atoms with Crippen molar-refractivity contribution in [2.24, 2.45) is 5.41 Å². The number of piperidine rings is 1. The van der Waals surface area contributed by atoms with Crippen LogP contribution in [0.3, 0.4) is 0 Å². The van der Waals surface area contributed by atoms with Crippen LogP contribution in [0.25, 0.3) is 0 Å². The maximum atomic E-state index is 4.71. The lowest BCUT2D eigenvalue weighted by molar-refractivity contribution is 0.261. The number of aromatic nitrogens is 1. The highest BCUT2D eigenvalue weighted by Crippen LogP contribution is 2.38. The van der Waals surface area contributed by atoms with Crippen LogP contribution < -0.4 is 10.2 Å². The smallest absolute Gasteiger partial charge is 0.185 e. The molecule has 1 aromatic heterocycles. The predicted molar refractivity (Wildman–Crippen MR) is 73.0 cm³/mol. The first-order valence-corrected chi connectivity index (χ1v) is 7.40. The van der Waals surface area contributed by atoms with Gasteiger partial charge in [0.15, 0.2) is 5.13 Å². The van der Waals surface area contributed by atoms with Crippen molar-refractivity contribution in [2.45, 2.75) is 33.1 Å². The zero-order chi connectivity index (χ0) is 11.9. The van der Waals surface area contributed by atoms with Crippen molar-refractivity contribution in [1.29, 1.82) is 0 Å². The zero-order valence-corrected chi connectivity index (χ0v) is 11.6. The van der Waals surface area contributed by atoms with E-state index in [1.807, 2.05) is 11.3 Å². The molecular formula is C13H21N3S. The number of aryl methyl sites for hydroxylation is 2. The molecule has 0 bridgehead atoms. The van der Waals surface area contributed by atoms with Gasteiger partial charge in [-0.2, -0.15) is 0 Å². The third-order valence-corrected chi connectivity index (χ3v) is 5.41. The fraction of sp³-hybridized carbons (Fsp3) is 0.769. The van der Waals surface area contributed by atoms with Gasteiger partial charge >= 0.3 is 0 Å². The lowest BCUT2D eigenvalue weighted by Crippen LogP contribution is -2.44. The summed E-state index contributed by atoms with van der Waals surface area (Å²) in [5.74, 6) is 0. The van der Waals surface area contributed by atoms with Gasteiger partial charge in [-0.3, -0.25) is 0 Å². The van der Waals surface area contributed by atoms with E-state index in [1.165, 1.54) is 61.1 Å². The largest absolute Gasteiger partial charge is 0.347 e. The van der Waals surface area contributed by atoms with E-state index >= 15 is 0 Å². The van der Waals surface area contributed by atoms with Gasteiger partial charge in [-0.15, -0.1) is 11.3 Å². The average Bonchev–Trinajstić information content (AvgIpc) is 2.88. The van der Waals surface area contributed by atoms with Crippen LogP contribution >= 0.6 is 11.3 Å². The Balaban J connectivity index is 1.79. The maximum Gasteiger partial charge on any atom is 0.185 e. The van der Waals surface area contributed by atoms with Crippen LogP contribution in [0.4, 0.5) is 5.13 Å². The molecular weight excluding hydrogens is 230 g/mol. The van der Waals surface area contributed by atoms with Gasteiger partial charge in [0.25, 0.3) is 0 Å². The van der Waals surface area contributed by atoms with Gasteiger partial charge in [0.05, 0.1) is 5.69 Å². The molecule has 0 amide bonds. The molecule has 3 rings (SSSR count). The lowest BCUT2D eigenvalue weighted by atomic mass is 9.79. The van der Waals surface area contributed by atoms with Gasteiger partial charge in [0.1, 0.15) is 0 Å². The summed E-state index contributed by atoms with van der Waals surface area (Å²) in [6.45, 7) is 9.08. The Labute approximate surface area is 107 Å². The van der Waals surface area contributed by atoms with E-state index in [2.05, 4.69) is 24.1 Å². The van der Waals surface area contributed by atoms with Crippen LogP contribution in [-0.2, 0) is 0 Å². The highest BCUT2D eigenvalue weighted by molar-refractivity contribution is 7.15. The summed E-state index contributed by atoms with van der Waals surface area (Å²) in [5, 5.41) is 4.77. The molecule has 3 heterocycles. The van der Waals surface area contributed by atoms with Gasteiger partial charge in [-0.05, 0) is 39.7 Å². The van der Waals surface area contributed by atoms with E-state index in [0.29, 0.717) is 5.41 Å². The first-order chi connectivity index (χ1) is 8.19. The second-order valence-corrected chi connectivity index (χ2v) is 6.77. The summed E-state index contributed by atoms with van der Waals surface area (Å²) in [4.78, 5) is 8.59. The fourth-order valence-electron chi connectivity index (χ4n) is 3.11. The minimum atomic E-state index is 0.533. The molecule has 3 nitrogen and oxygen atoms in total. The van der Waals surface area contributed by atoms with Crippen LogP contribution in [0.15, 0.2) is 0 Å². The Morgan fingerprint density at radius 2 is 2.24 bits per heavy atom. The van der Waals surface area contributed by atoms with Crippen molar-refractivity contribution in [2.75, 3.05) is 31.1 Å². The summed E-state index contributed by atoms with van der Waals surface area (Å²) >= 11 is 1.86. The number of hydrogen-bond acceptors (Lipinski definition) is 4. The van der Waals surface area contributed by atoms with Gasteiger partial charge in [-0.1, -0.05) is 0 Å². The summed E-state index contributed by atoms with van der Waals surface area (Å²) in [6, 6.07) is 0. The molecule has 0 radical (unpaired) electrons. The normalized spacial score (nSPS) is 29.2. The summed E-state index contributed by atoms with van der Waals surface area (Å²) in [6.07, 6.45) is 4.05. The molecule has 0 saturated carbocycles. The Morgan fingerprint density at radius 1 is 1.35 bits per heavy atom. The summed E-state index contributed by atoms with van der Waals surface area (Å²) in [5.41, 5.74) is 1.74. The van der Waals surface area contributed by atoms with E-state index in [4.69, 9.17) is 4.98 Å². The number of thiazole rings is 1. The Morgan fingerprint density at radius 3 is 2.88 bits per heavy atom. The van der Waals surface area contributed by atoms with Crippen LogP contribution in [0, 0.1) is 19.3 Å². The molecule has 0 aromatic carbocycles. The number of nitrogens with zero attached hydrogens (tertiary/aromatic N) is 2. The van der Waals surface area contributed by atoms with Gasteiger partial charge in [0, 0.05) is 29.9 Å². The van der Waals surface area contributed by atoms with Gasteiger partial charge < -0.3 is 10.2 Å². The molecule has 0 aliphatic carbocycles. The standard InChI is InChI=1S/C13H21N3S/c1-10-11(2)17-12(15-10)16-7-3-4-13(9-16)5-6-14-8-13/h14H,3-9H2,1-2H3/t13-/m0/s1. The van der Waals surface area contributed by atoms with Crippen molar-refractivity contribution in [3.63, 3.8) is 0 Å². The molecule has 4 heteroatoms. The van der Waals surface area contributed by atoms with Gasteiger partial charge in [0.2, 0.25) is 0 Å². The number of hydrogen-bond donors (Lipinski definition) is 1. The quantitative estimate of drug-likeness (QED) is 0.830. The minimum absolute atomic E-state index is 0.533. The van der Waals surface area contributed by atoms with Crippen LogP contribution in [-0.4, -0.2) is 31.2 Å². The number of nitrogens with one attached hydrogen (secondary N) is 1. The second-order valence-electron chi connectivity index (χ2n) is 5.59. The van der Waals surface area contributed by atoms with Crippen LogP contribution in [0.1, 0.15) is 29.8 Å². The first kappa shape index (κ1) is 11.5. The number of anilines is 1. The van der Waals surface area contributed by atoms with E-state index in [9.17, 15) is 0 Å². The van der Waals surface area contributed by atoms with E-state index < -0.39 is 0 Å². The molecule has 94 valence electrons. The maximum absolute atomic E-state index is 4.71. The van der Waals surface area contributed by atoms with Crippen molar-refractivity contribution >= 4 is 16.5 Å². The molecule has 2 aliphatic rings. The molecule has 2 saturated heterocycles. The average molecular weight is 251 g/mol. The van der Waals surface area contributed by atoms with E-state index in [1.54, 1.807) is 0 Å². The molecule has 1 aromatic rings. The molecule has 1 N–H and O–H groups in total. The van der Waals surface area contributed by atoms with Crippen molar-refractivity contribution in [3.8, 4) is 0 Å². The Kier molecular flexibility index (Phi) is 2.87. The molecule has 17 heavy (non-hydrogen) atoms. The third kappa shape index (κ3) is 2.08. The Bertz CT molecular complexity index is 387. The van der Waals surface area contributed by atoms with Crippen LogP contribution in [0.5, 0.6) is 0 Å². The molecule has 0 unspecified atom stereocenters. The minimum Gasteiger partial charge on any atom is -0.347 e. The summed E-state index contributed by atoms with van der Waals surface area (Å²) < 4.78 is 0. The second kappa shape index (κ2) is 4.25. The highest BCUT2D eigenvalue weighted by Gasteiger charge is 2.38. The Hall–Kier alpha value is -0.610. The van der Waals surface area contributed by atoms with Crippen molar-refractivity contribution in [3.05, 3.63) is 10.6 Å². The molecule has 1 spiro atoms. The highest BCUT2D eigenvalue weighted by atomic mass is 32.1. The van der Waals surface area contributed by atoms with Gasteiger partial charge in [-0.25, -0.2) is 4.98 Å². The van der Waals surface area contributed by atoms with E-state index in [0.717, 1.165) is 0 Å². The topological polar surface area (TPSA) is 28.2 Å². The van der Waals surface area contributed by atoms with Crippen LogP contribution in [0.2, 0.25) is 0 Å². The first-order valence-electron chi connectivity index (χ1n) is 6.58. The van der Waals surface area contributed by atoms with Crippen molar-refractivity contribution < 1.29 is 0 Å². The summed E-state index contributed by atoms with van der Waals surface area (Å²) in [7, 11) is 0.